The minimum Gasteiger partial charge on any atom is -0.461 e. The van der Waals surface area contributed by atoms with Gasteiger partial charge in [0, 0.05) is 6.07 Å². The first-order valence-electron chi connectivity index (χ1n) is 4.44. The highest BCUT2D eigenvalue weighted by atomic mass is 79.9. The molecule has 8 heteroatoms. The number of hydrogen-bond donors (Lipinski definition) is 1. The van der Waals surface area contributed by atoms with Gasteiger partial charge in [-0.25, -0.2) is 4.79 Å². The number of carbonyl (C=O) groups is 1. The highest BCUT2D eigenvalue weighted by Gasteiger charge is 2.17. The number of fused-ring (bicyclic) bond motifs is 1. The predicted octanol–water partition coefficient (Wildman–Crippen LogP) is 0.357. The molecule has 0 aliphatic heterocycles. The average Bonchev–Trinajstić information content (AvgIpc) is 2.60. The monoisotopic (exact) mass is 286 g/mol. The van der Waals surface area contributed by atoms with Crippen LogP contribution >= 0.6 is 15.9 Å². The number of aromatic nitrogens is 4. The van der Waals surface area contributed by atoms with Gasteiger partial charge in [-0.2, -0.15) is 4.52 Å². The summed E-state index contributed by atoms with van der Waals surface area (Å²) in [6, 6.07) is 1.57. The van der Waals surface area contributed by atoms with E-state index in [0.717, 1.165) is 4.52 Å². The number of hydrogen-bond acceptors (Lipinski definition) is 5. The number of nitrogens with zero attached hydrogens (tertiary/aromatic N) is 3. The van der Waals surface area contributed by atoms with E-state index in [0.29, 0.717) is 10.3 Å². The predicted molar refractivity (Wildman–Crippen MR) is 57.3 cm³/mol. The molecule has 7 nitrogen and oxygen atoms in total. The Kier molecular flexibility index (Phi) is 2.73. The summed E-state index contributed by atoms with van der Waals surface area (Å²) in [5.74, 6) is -0.778. The fourth-order valence-electron chi connectivity index (χ4n) is 1.18. The van der Waals surface area contributed by atoms with E-state index >= 15 is 0 Å². The van der Waals surface area contributed by atoms with Crippen molar-refractivity contribution in [1.29, 1.82) is 0 Å². The van der Waals surface area contributed by atoms with Crippen molar-refractivity contribution >= 4 is 27.5 Å². The second-order valence-electron chi connectivity index (χ2n) is 2.87. The highest BCUT2D eigenvalue weighted by molar-refractivity contribution is 9.10. The minimum atomic E-state index is -0.778. The van der Waals surface area contributed by atoms with Crippen molar-refractivity contribution < 1.29 is 9.53 Å². The molecular formula is C8H7BrN4O3. The maximum absolute atomic E-state index is 11.8. The lowest BCUT2D eigenvalue weighted by Crippen LogP contribution is -2.26. The van der Waals surface area contributed by atoms with E-state index in [4.69, 9.17) is 0 Å². The van der Waals surface area contributed by atoms with E-state index in [1.54, 1.807) is 13.0 Å². The quantitative estimate of drug-likeness (QED) is 0.805. The molecule has 16 heavy (non-hydrogen) atoms. The first kappa shape index (κ1) is 10.8. The Hall–Kier alpha value is -1.70. The molecule has 0 radical (unpaired) electrons. The Morgan fingerprint density at radius 1 is 1.62 bits per heavy atom. The van der Waals surface area contributed by atoms with Crippen LogP contribution in [0.1, 0.15) is 17.4 Å². The molecule has 0 aliphatic rings. The van der Waals surface area contributed by atoms with Crippen molar-refractivity contribution in [3.05, 3.63) is 26.7 Å². The first-order valence-corrected chi connectivity index (χ1v) is 5.24. The zero-order valence-corrected chi connectivity index (χ0v) is 9.81. The second kappa shape index (κ2) is 4.05. The number of esters is 1. The zero-order valence-electron chi connectivity index (χ0n) is 8.23. The molecule has 0 amide bonds. The first-order chi connectivity index (χ1) is 7.63. The molecule has 0 unspecified atom stereocenters. The number of halogens is 1. The van der Waals surface area contributed by atoms with Crippen molar-refractivity contribution in [2.75, 3.05) is 6.61 Å². The summed E-state index contributed by atoms with van der Waals surface area (Å²) in [6.07, 6.45) is 0. The van der Waals surface area contributed by atoms with Crippen LogP contribution in [0.5, 0.6) is 0 Å². The van der Waals surface area contributed by atoms with Gasteiger partial charge in [0.1, 0.15) is 4.60 Å². The Balaban J connectivity index is 2.60. The molecule has 2 heterocycles. The molecule has 0 bridgehead atoms. The van der Waals surface area contributed by atoms with Crippen LogP contribution in [-0.4, -0.2) is 32.4 Å². The van der Waals surface area contributed by atoms with Crippen LogP contribution < -0.4 is 5.56 Å². The van der Waals surface area contributed by atoms with Crippen molar-refractivity contribution in [3.8, 4) is 0 Å². The van der Waals surface area contributed by atoms with Crippen molar-refractivity contribution in [3.63, 3.8) is 0 Å². The summed E-state index contributed by atoms with van der Waals surface area (Å²) in [5.41, 5.74) is -0.604. The second-order valence-corrected chi connectivity index (χ2v) is 3.73. The molecule has 84 valence electrons. The smallest absolute Gasteiger partial charge is 0.364 e. The Morgan fingerprint density at radius 3 is 3.06 bits per heavy atom. The standard InChI is InChI=1S/C8H7BrN4O3/c1-2-16-8(15)6-7(14)13-5(10-11-6)3-4(9)12-13/h3,12H,2H2,1H3. The van der Waals surface area contributed by atoms with Crippen LogP contribution in [0, 0.1) is 0 Å². The van der Waals surface area contributed by atoms with Gasteiger partial charge in [0.05, 0.1) is 6.61 Å². The molecule has 0 aromatic carbocycles. The zero-order chi connectivity index (χ0) is 11.7. The van der Waals surface area contributed by atoms with Crippen LogP contribution in [0.3, 0.4) is 0 Å². The number of aromatic amines is 1. The molecule has 0 fully saturated rings. The van der Waals surface area contributed by atoms with E-state index in [2.05, 4.69) is 36.0 Å². The summed E-state index contributed by atoms with van der Waals surface area (Å²) in [5, 5.41) is 9.93. The summed E-state index contributed by atoms with van der Waals surface area (Å²) >= 11 is 3.15. The molecule has 2 aromatic heterocycles. The summed E-state index contributed by atoms with van der Waals surface area (Å²) in [4.78, 5) is 23.1. The van der Waals surface area contributed by atoms with Gasteiger partial charge in [-0.05, 0) is 22.9 Å². The van der Waals surface area contributed by atoms with E-state index in [1.807, 2.05) is 0 Å². The number of carbonyl (C=O) groups excluding carboxylic acids is 1. The normalized spacial score (nSPS) is 10.6. The van der Waals surface area contributed by atoms with Crippen molar-refractivity contribution in [2.24, 2.45) is 0 Å². The lowest BCUT2D eigenvalue weighted by molar-refractivity contribution is 0.0515. The molecule has 0 saturated heterocycles. The van der Waals surface area contributed by atoms with Crippen LogP contribution in [0.25, 0.3) is 5.65 Å². The van der Waals surface area contributed by atoms with Crippen LogP contribution in [0.15, 0.2) is 15.5 Å². The molecule has 0 saturated carbocycles. The largest absolute Gasteiger partial charge is 0.461 e. The van der Waals surface area contributed by atoms with Gasteiger partial charge in [0.2, 0.25) is 5.69 Å². The topological polar surface area (TPSA) is 89.3 Å². The van der Waals surface area contributed by atoms with E-state index in [1.165, 1.54) is 0 Å². The van der Waals surface area contributed by atoms with Gasteiger partial charge in [0.15, 0.2) is 5.65 Å². The fraction of sp³-hybridized carbons (Fsp3) is 0.250. The van der Waals surface area contributed by atoms with E-state index in [9.17, 15) is 9.59 Å². The van der Waals surface area contributed by atoms with Crippen LogP contribution in [-0.2, 0) is 4.74 Å². The maximum atomic E-state index is 11.8. The number of ether oxygens (including phenoxy) is 1. The number of rotatable bonds is 2. The van der Waals surface area contributed by atoms with Crippen molar-refractivity contribution in [1.82, 2.24) is 19.8 Å². The molecule has 0 atom stereocenters. The van der Waals surface area contributed by atoms with Gasteiger partial charge in [-0.3, -0.25) is 9.89 Å². The number of H-pyrrole nitrogens is 1. The molecular weight excluding hydrogens is 280 g/mol. The van der Waals surface area contributed by atoms with Gasteiger partial charge in [-0.1, -0.05) is 0 Å². The third-order valence-corrected chi connectivity index (χ3v) is 2.24. The van der Waals surface area contributed by atoms with Crippen LogP contribution in [0.2, 0.25) is 0 Å². The van der Waals surface area contributed by atoms with Crippen molar-refractivity contribution in [2.45, 2.75) is 6.92 Å². The van der Waals surface area contributed by atoms with Gasteiger partial charge < -0.3 is 4.74 Å². The third kappa shape index (κ3) is 1.71. The summed E-state index contributed by atoms with van der Waals surface area (Å²) in [7, 11) is 0. The Labute approximate surface area is 97.5 Å². The lowest BCUT2D eigenvalue weighted by atomic mass is 10.4. The van der Waals surface area contributed by atoms with Gasteiger partial charge in [-0.15, -0.1) is 10.2 Å². The number of nitrogens with one attached hydrogen (secondary N) is 1. The molecule has 2 rings (SSSR count). The summed E-state index contributed by atoms with van der Waals surface area (Å²) < 4.78 is 6.37. The SMILES string of the molecule is CCOC(=O)c1nnc2cc(Br)[nH]n2c1=O. The Morgan fingerprint density at radius 2 is 2.38 bits per heavy atom. The third-order valence-electron chi connectivity index (χ3n) is 1.83. The van der Waals surface area contributed by atoms with Gasteiger partial charge in [0.25, 0.3) is 0 Å². The molecule has 2 aromatic rings. The molecule has 0 spiro atoms. The van der Waals surface area contributed by atoms with E-state index in [-0.39, 0.29) is 12.3 Å². The fourth-order valence-corrected chi connectivity index (χ4v) is 1.56. The average molecular weight is 287 g/mol. The molecule has 0 aliphatic carbocycles. The maximum Gasteiger partial charge on any atom is 0.364 e. The van der Waals surface area contributed by atoms with E-state index < -0.39 is 11.5 Å². The lowest BCUT2D eigenvalue weighted by Gasteiger charge is -1.99. The van der Waals surface area contributed by atoms with Gasteiger partial charge >= 0.3 is 11.5 Å². The summed E-state index contributed by atoms with van der Waals surface area (Å²) in [6.45, 7) is 1.82. The minimum absolute atomic E-state index is 0.178. The van der Waals surface area contributed by atoms with Crippen LogP contribution in [0.4, 0.5) is 0 Å². The highest BCUT2D eigenvalue weighted by Crippen LogP contribution is 2.07. The molecule has 1 N–H and O–H groups in total. The Bertz CT molecular complexity index is 603.